The zero-order chi connectivity index (χ0) is 15.2. The van der Waals surface area contributed by atoms with Gasteiger partial charge in [0.25, 0.3) is 5.91 Å². The third kappa shape index (κ3) is 4.27. The minimum atomic E-state index is -0.436. The van der Waals surface area contributed by atoms with Crippen LogP contribution in [0.5, 0.6) is 0 Å². The smallest absolute Gasteiger partial charge is 0.255 e. The fraction of sp³-hybridized carbons (Fsp3) is 0.250. The number of hydrogen-bond donors (Lipinski definition) is 2. The van der Waals surface area contributed by atoms with Crippen molar-refractivity contribution in [1.82, 2.24) is 4.98 Å². The van der Waals surface area contributed by atoms with E-state index >= 15 is 0 Å². The number of carbonyl (C=O) groups is 1. The fourth-order valence-corrected chi connectivity index (χ4v) is 1.74. The van der Waals surface area contributed by atoms with Crippen molar-refractivity contribution in [3.8, 4) is 0 Å². The molecule has 2 aromatic rings. The number of carbonyl (C=O) groups excluding carboxylic acids is 1. The predicted molar refractivity (Wildman–Crippen MR) is 82.0 cm³/mol. The molecule has 1 amide bonds. The topological polar surface area (TPSA) is 54.0 Å². The Morgan fingerprint density at radius 3 is 2.76 bits per heavy atom. The quantitative estimate of drug-likeness (QED) is 0.882. The molecule has 1 unspecified atom stereocenters. The highest BCUT2D eigenvalue weighted by Crippen LogP contribution is 2.13. The van der Waals surface area contributed by atoms with Gasteiger partial charge < -0.3 is 10.6 Å². The molecule has 21 heavy (non-hydrogen) atoms. The van der Waals surface area contributed by atoms with Crippen LogP contribution in [0.15, 0.2) is 42.6 Å². The van der Waals surface area contributed by atoms with Crippen molar-refractivity contribution >= 4 is 17.4 Å². The maximum absolute atomic E-state index is 13.1. The van der Waals surface area contributed by atoms with Crippen LogP contribution in [0.3, 0.4) is 0 Å². The number of rotatable bonds is 5. The summed E-state index contributed by atoms with van der Waals surface area (Å²) in [7, 11) is 0. The SMILES string of the molecule is CCC(C)Nc1ccc(NC(=O)c2cccc(F)c2)cn1. The van der Waals surface area contributed by atoms with Gasteiger partial charge in [-0.2, -0.15) is 0 Å². The van der Waals surface area contributed by atoms with Gasteiger partial charge in [0, 0.05) is 11.6 Å². The standard InChI is InChI=1S/C16H18FN3O/c1-3-11(2)19-15-8-7-14(10-18-15)20-16(21)12-5-4-6-13(17)9-12/h4-11H,3H2,1-2H3,(H,18,19)(H,20,21). The molecule has 4 nitrogen and oxygen atoms in total. The molecule has 0 spiro atoms. The van der Waals surface area contributed by atoms with E-state index in [0.29, 0.717) is 11.7 Å². The van der Waals surface area contributed by atoms with Gasteiger partial charge in [0.05, 0.1) is 11.9 Å². The summed E-state index contributed by atoms with van der Waals surface area (Å²) in [5.41, 5.74) is 0.843. The van der Waals surface area contributed by atoms with Crippen molar-refractivity contribution < 1.29 is 9.18 Å². The van der Waals surface area contributed by atoms with Crippen LogP contribution in [-0.4, -0.2) is 16.9 Å². The average Bonchev–Trinajstić information content (AvgIpc) is 2.49. The highest BCUT2D eigenvalue weighted by Gasteiger charge is 2.07. The molecule has 0 radical (unpaired) electrons. The van der Waals surface area contributed by atoms with Crippen molar-refractivity contribution in [1.29, 1.82) is 0 Å². The van der Waals surface area contributed by atoms with Gasteiger partial charge in [0.1, 0.15) is 11.6 Å². The van der Waals surface area contributed by atoms with Gasteiger partial charge in [-0.25, -0.2) is 9.37 Å². The molecule has 0 saturated heterocycles. The van der Waals surface area contributed by atoms with Gasteiger partial charge in [-0.15, -0.1) is 0 Å². The number of amides is 1. The summed E-state index contributed by atoms with van der Waals surface area (Å²) in [5.74, 6) is -0.0408. The van der Waals surface area contributed by atoms with E-state index in [1.807, 2.05) is 0 Å². The van der Waals surface area contributed by atoms with Crippen molar-refractivity contribution in [2.45, 2.75) is 26.3 Å². The molecule has 5 heteroatoms. The Kier molecular flexibility index (Phi) is 4.87. The molecular weight excluding hydrogens is 269 g/mol. The summed E-state index contributed by atoms with van der Waals surface area (Å²) in [6, 6.07) is 9.45. The largest absolute Gasteiger partial charge is 0.368 e. The number of anilines is 2. The molecule has 0 saturated carbocycles. The summed E-state index contributed by atoms with van der Waals surface area (Å²) in [6.45, 7) is 4.16. The lowest BCUT2D eigenvalue weighted by Gasteiger charge is -2.12. The molecule has 2 rings (SSSR count). The minimum absolute atomic E-state index is 0.275. The van der Waals surface area contributed by atoms with Crippen LogP contribution in [0.25, 0.3) is 0 Å². The molecule has 0 aliphatic rings. The van der Waals surface area contributed by atoms with E-state index in [9.17, 15) is 9.18 Å². The maximum Gasteiger partial charge on any atom is 0.255 e. The number of hydrogen-bond acceptors (Lipinski definition) is 3. The van der Waals surface area contributed by atoms with Gasteiger partial charge in [-0.3, -0.25) is 4.79 Å². The second-order valence-corrected chi connectivity index (χ2v) is 4.85. The van der Waals surface area contributed by atoms with Crippen molar-refractivity contribution in [2.24, 2.45) is 0 Å². The first kappa shape index (κ1) is 15.0. The monoisotopic (exact) mass is 287 g/mol. The van der Waals surface area contributed by atoms with Gasteiger partial charge >= 0.3 is 0 Å². The summed E-state index contributed by atoms with van der Waals surface area (Å²) >= 11 is 0. The van der Waals surface area contributed by atoms with E-state index < -0.39 is 5.82 Å². The molecule has 1 atom stereocenters. The Bertz CT molecular complexity index is 613. The average molecular weight is 287 g/mol. The molecule has 0 aliphatic heterocycles. The maximum atomic E-state index is 13.1. The number of nitrogens with zero attached hydrogens (tertiary/aromatic N) is 1. The van der Waals surface area contributed by atoms with Gasteiger partial charge in [-0.05, 0) is 43.7 Å². The van der Waals surface area contributed by atoms with Crippen LogP contribution in [0.2, 0.25) is 0 Å². The number of pyridine rings is 1. The lowest BCUT2D eigenvalue weighted by Crippen LogP contribution is -2.15. The van der Waals surface area contributed by atoms with E-state index in [4.69, 9.17) is 0 Å². The summed E-state index contributed by atoms with van der Waals surface area (Å²) < 4.78 is 13.1. The van der Waals surface area contributed by atoms with Crippen LogP contribution in [0.1, 0.15) is 30.6 Å². The molecule has 110 valence electrons. The zero-order valence-electron chi connectivity index (χ0n) is 12.1. The van der Waals surface area contributed by atoms with E-state index in [1.54, 1.807) is 24.4 Å². The lowest BCUT2D eigenvalue weighted by atomic mass is 10.2. The normalized spacial score (nSPS) is 11.8. The second-order valence-electron chi connectivity index (χ2n) is 4.85. The first-order chi connectivity index (χ1) is 10.1. The van der Waals surface area contributed by atoms with Gasteiger partial charge in [0.2, 0.25) is 0 Å². The molecule has 1 aromatic heterocycles. The van der Waals surface area contributed by atoms with Crippen LogP contribution in [0.4, 0.5) is 15.9 Å². The van der Waals surface area contributed by atoms with Crippen molar-refractivity contribution in [2.75, 3.05) is 10.6 Å². The van der Waals surface area contributed by atoms with Crippen molar-refractivity contribution in [3.05, 3.63) is 54.0 Å². The summed E-state index contributed by atoms with van der Waals surface area (Å²) in [6.07, 6.45) is 2.57. The van der Waals surface area contributed by atoms with Crippen molar-refractivity contribution in [3.63, 3.8) is 0 Å². The predicted octanol–water partition coefficient (Wildman–Crippen LogP) is 3.68. The Hall–Kier alpha value is -2.43. The third-order valence-corrected chi connectivity index (χ3v) is 3.11. The Labute approximate surface area is 123 Å². The highest BCUT2D eigenvalue weighted by molar-refractivity contribution is 6.04. The number of benzene rings is 1. The lowest BCUT2D eigenvalue weighted by molar-refractivity contribution is 0.102. The highest BCUT2D eigenvalue weighted by atomic mass is 19.1. The molecule has 0 fully saturated rings. The molecule has 0 bridgehead atoms. The third-order valence-electron chi connectivity index (χ3n) is 3.11. The van der Waals surface area contributed by atoms with Gasteiger partial charge in [0.15, 0.2) is 0 Å². The van der Waals surface area contributed by atoms with Crippen LogP contribution >= 0.6 is 0 Å². The first-order valence-corrected chi connectivity index (χ1v) is 6.88. The van der Waals surface area contributed by atoms with Crippen LogP contribution in [-0.2, 0) is 0 Å². The Morgan fingerprint density at radius 1 is 1.33 bits per heavy atom. The minimum Gasteiger partial charge on any atom is -0.368 e. The molecule has 2 N–H and O–H groups in total. The molecule has 1 aromatic carbocycles. The Balaban J connectivity index is 2.01. The first-order valence-electron chi connectivity index (χ1n) is 6.88. The van der Waals surface area contributed by atoms with Gasteiger partial charge in [-0.1, -0.05) is 13.0 Å². The number of halogens is 1. The van der Waals surface area contributed by atoms with E-state index in [1.165, 1.54) is 18.2 Å². The van der Waals surface area contributed by atoms with Crippen LogP contribution in [0, 0.1) is 5.82 Å². The number of nitrogens with one attached hydrogen (secondary N) is 2. The van der Waals surface area contributed by atoms with E-state index in [0.717, 1.165) is 12.2 Å². The molecule has 1 heterocycles. The van der Waals surface area contributed by atoms with Crippen LogP contribution < -0.4 is 10.6 Å². The molecular formula is C16H18FN3O. The summed E-state index contributed by atoms with van der Waals surface area (Å²) in [5, 5.41) is 5.92. The fourth-order valence-electron chi connectivity index (χ4n) is 1.74. The Morgan fingerprint density at radius 2 is 2.14 bits per heavy atom. The number of aromatic nitrogens is 1. The summed E-state index contributed by atoms with van der Waals surface area (Å²) in [4.78, 5) is 16.2. The van der Waals surface area contributed by atoms with E-state index in [-0.39, 0.29) is 11.5 Å². The zero-order valence-corrected chi connectivity index (χ0v) is 12.1. The molecule has 0 aliphatic carbocycles. The second kappa shape index (κ2) is 6.83. The van der Waals surface area contributed by atoms with E-state index in [2.05, 4.69) is 29.5 Å².